The van der Waals surface area contributed by atoms with E-state index in [1.165, 1.54) is 5.56 Å². The number of hydrogen-bond acceptors (Lipinski definition) is 1. The monoisotopic (exact) mass is 293 g/mol. The molecule has 2 aromatic carbocycles. The molecule has 0 bridgehead atoms. The minimum absolute atomic E-state index is 0.0818. The van der Waals surface area contributed by atoms with Crippen molar-refractivity contribution in [2.24, 2.45) is 0 Å². The normalized spacial score (nSPS) is 12.7. The first kappa shape index (κ1) is 14.5. The Hall–Kier alpha value is -2.39. The van der Waals surface area contributed by atoms with E-state index in [1.54, 1.807) is 0 Å². The summed E-state index contributed by atoms with van der Waals surface area (Å²) in [6, 6.07) is 18.1. The van der Waals surface area contributed by atoms with Gasteiger partial charge in [0.15, 0.2) is 6.04 Å². The van der Waals surface area contributed by atoms with Crippen LogP contribution in [0.15, 0.2) is 60.8 Å². The van der Waals surface area contributed by atoms with Gasteiger partial charge in [-0.25, -0.2) is 0 Å². The second kappa shape index (κ2) is 6.16. The molecule has 0 spiro atoms. The molecule has 2 N–H and O–H groups in total. The van der Waals surface area contributed by atoms with Crippen LogP contribution in [0.5, 0.6) is 0 Å². The summed E-state index contributed by atoms with van der Waals surface area (Å²) < 4.78 is 0. The van der Waals surface area contributed by atoms with E-state index in [9.17, 15) is 4.79 Å². The van der Waals surface area contributed by atoms with Crippen LogP contribution in [0, 0.1) is 0 Å². The zero-order valence-electron chi connectivity index (χ0n) is 13.0. The second-order valence-corrected chi connectivity index (χ2v) is 5.93. The minimum Gasteiger partial charge on any atom is -0.360 e. The Kier molecular flexibility index (Phi) is 4.07. The zero-order valence-corrected chi connectivity index (χ0v) is 13.0. The fraction of sp³-hybridized carbons (Fsp3) is 0.211. The van der Waals surface area contributed by atoms with Gasteiger partial charge in [0.05, 0.1) is 14.1 Å². The molecule has 0 saturated carbocycles. The Bertz CT molecular complexity index is 774. The van der Waals surface area contributed by atoms with Crippen LogP contribution in [0.2, 0.25) is 0 Å². The number of nitrogens with one attached hydrogen (secondary N) is 2. The Morgan fingerprint density at radius 2 is 1.73 bits per heavy atom. The molecule has 0 saturated heterocycles. The molecule has 1 aromatic heterocycles. The zero-order chi connectivity index (χ0) is 15.5. The van der Waals surface area contributed by atoms with Crippen molar-refractivity contribution in [2.45, 2.75) is 12.5 Å². The van der Waals surface area contributed by atoms with Crippen molar-refractivity contribution in [3.8, 4) is 0 Å². The lowest BCUT2D eigenvalue weighted by atomic mass is 9.96. The maximum atomic E-state index is 13.0. The quantitative estimate of drug-likeness (QED) is 0.695. The van der Waals surface area contributed by atoms with Crippen molar-refractivity contribution in [3.63, 3.8) is 0 Å². The van der Waals surface area contributed by atoms with Crippen LogP contribution in [0.25, 0.3) is 10.9 Å². The second-order valence-electron chi connectivity index (χ2n) is 5.93. The average Bonchev–Trinajstić information content (AvgIpc) is 2.97. The third-order valence-electron chi connectivity index (χ3n) is 4.15. The highest BCUT2D eigenvalue weighted by atomic mass is 16.1. The number of Topliss-reactive ketones (excluding diaryl/α,β-unsaturated/α-hetero) is 1. The molecule has 0 amide bonds. The van der Waals surface area contributed by atoms with E-state index in [0.29, 0.717) is 0 Å². The van der Waals surface area contributed by atoms with E-state index in [0.717, 1.165) is 27.8 Å². The van der Waals surface area contributed by atoms with Crippen LogP contribution in [0.4, 0.5) is 0 Å². The van der Waals surface area contributed by atoms with E-state index < -0.39 is 0 Å². The number of likely N-dealkylation sites (N-methyl/N-ethyl adjacent to an activating group) is 1. The summed E-state index contributed by atoms with van der Waals surface area (Å²) in [5, 5.41) is 1.01. The lowest BCUT2D eigenvalue weighted by Gasteiger charge is -2.20. The Balaban J connectivity index is 1.93. The summed E-state index contributed by atoms with van der Waals surface area (Å²) in [5.41, 5.74) is 3.00. The third kappa shape index (κ3) is 2.81. The summed E-state index contributed by atoms with van der Waals surface area (Å²) in [5.74, 6) is 0.196. The minimum atomic E-state index is -0.0818. The van der Waals surface area contributed by atoms with Crippen LogP contribution < -0.4 is 4.90 Å². The summed E-state index contributed by atoms with van der Waals surface area (Å²) in [4.78, 5) is 17.4. The molecule has 112 valence electrons. The van der Waals surface area contributed by atoms with Crippen molar-refractivity contribution in [2.75, 3.05) is 14.1 Å². The average molecular weight is 293 g/mol. The fourth-order valence-electron chi connectivity index (χ4n) is 2.87. The number of para-hydroxylation sites is 1. The van der Waals surface area contributed by atoms with E-state index in [2.05, 4.69) is 17.1 Å². The number of aromatic nitrogens is 1. The standard InChI is InChI=1S/C19H20N2O/c1-21(2)18(12-14-8-4-3-5-9-14)19(22)16-13-20-17-11-7-6-10-15(16)17/h3-11,13,18,20H,12H2,1-2H3/p+1/t18-/m1/s1. The van der Waals surface area contributed by atoms with Crippen molar-refractivity contribution >= 4 is 16.7 Å². The van der Waals surface area contributed by atoms with Gasteiger partial charge in [0.25, 0.3) is 0 Å². The lowest BCUT2D eigenvalue weighted by molar-refractivity contribution is -0.874. The van der Waals surface area contributed by atoms with Crippen LogP contribution >= 0.6 is 0 Å². The predicted molar refractivity (Wildman–Crippen MR) is 89.4 cm³/mol. The van der Waals surface area contributed by atoms with Crippen LogP contribution in [-0.4, -0.2) is 30.9 Å². The van der Waals surface area contributed by atoms with Crippen LogP contribution in [0.3, 0.4) is 0 Å². The topological polar surface area (TPSA) is 37.3 Å². The van der Waals surface area contributed by atoms with Gasteiger partial charge in [-0.05, 0) is 11.6 Å². The van der Waals surface area contributed by atoms with Gasteiger partial charge in [0.1, 0.15) is 0 Å². The van der Waals surface area contributed by atoms with Crippen molar-refractivity contribution in [1.82, 2.24) is 4.98 Å². The maximum Gasteiger partial charge on any atom is 0.222 e. The number of H-pyrrole nitrogens is 1. The molecule has 3 rings (SSSR count). The van der Waals surface area contributed by atoms with Gasteiger partial charge in [-0.1, -0.05) is 48.5 Å². The molecule has 0 aliphatic rings. The number of hydrogen-bond donors (Lipinski definition) is 2. The number of quaternary nitrogens is 1. The summed E-state index contributed by atoms with van der Waals surface area (Å²) in [6.45, 7) is 0. The first-order chi connectivity index (χ1) is 10.7. The number of fused-ring (bicyclic) bond motifs is 1. The van der Waals surface area contributed by atoms with Gasteiger partial charge < -0.3 is 9.88 Å². The molecule has 0 aliphatic heterocycles. The molecule has 0 radical (unpaired) electrons. The summed E-state index contributed by atoms with van der Waals surface area (Å²) >= 11 is 0. The third-order valence-corrected chi connectivity index (χ3v) is 4.15. The van der Waals surface area contributed by atoms with Crippen molar-refractivity contribution < 1.29 is 9.69 Å². The molecule has 1 heterocycles. The van der Waals surface area contributed by atoms with Crippen LogP contribution in [-0.2, 0) is 6.42 Å². The van der Waals surface area contributed by atoms with Gasteiger partial charge in [-0.2, -0.15) is 0 Å². The first-order valence-electron chi connectivity index (χ1n) is 7.61. The number of ketones is 1. The number of carbonyl (C=O) groups excluding carboxylic acids is 1. The Morgan fingerprint density at radius 1 is 1.05 bits per heavy atom. The predicted octanol–water partition coefficient (Wildman–Crippen LogP) is 2.11. The van der Waals surface area contributed by atoms with Crippen molar-refractivity contribution in [3.05, 3.63) is 71.9 Å². The van der Waals surface area contributed by atoms with E-state index in [4.69, 9.17) is 0 Å². The highest BCUT2D eigenvalue weighted by Crippen LogP contribution is 2.19. The summed E-state index contributed by atoms with van der Waals surface area (Å²) in [7, 11) is 4.08. The molecular weight excluding hydrogens is 272 g/mol. The largest absolute Gasteiger partial charge is 0.360 e. The molecule has 0 aliphatic carbocycles. The molecule has 0 fully saturated rings. The Labute approximate surface area is 130 Å². The molecule has 1 atom stereocenters. The molecule has 3 nitrogen and oxygen atoms in total. The SMILES string of the molecule is C[NH+](C)[C@H](Cc1ccccc1)C(=O)c1c[nH]c2ccccc12. The van der Waals surface area contributed by atoms with Gasteiger partial charge in [-0.3, -0.25) is 4.79 Å². The smallest absolute Gasteiger partial charge is 0.222 e. The lowest BCUT2D eigenvalue weighted by Crippen LogP contribution is -3.11. The van der Waals surface area contributed by atoms with Crippen LogP contribution in [0.1, 0.15) is 15.9 Å². The maximum absolute atomic E-state index is 13.0. The Morgan fingerprint density at radius 3 is 2.45 bits per heavy atom. The first-order valence-corrected chi connectivity index (χ1v) is 7.61. The van der Waals surface area contributed by atoms with Gasteiger partial charge >= 0.3 is 0 Å². The molecule has 3 heteroatoms. The number of rotatable bonds is 5. The summed E-state index contributed by atoms with van der Waals surface area (Å²) in [6.07, 6.45) is 2.59. The molecule has 22 heavy (non-hydrogen) atoms. The van der Waals surface area contributed by atoms with E-state index in [1.807, 2.05) is 62.8 Å². The van der Waals surface area contributed by atoms with Gasteiger partial charge in [0, 0.05) is 29.1 Å². The highest BCUT2D eigenvalue weighted by Gasteiger charge is 2.27. The number of carbonyl (C=O) groups is 1. The van der Waals surface area contributed by atoms with E-state index in [-0.39, 0.29) is 11.8 Å². The number of aromatic amines is 1. The molecule has 0 unspecified atom stereocenters. The van der Waals surface area contributed by atoms with Gasteiger partial charge in [-0.15, -0.1) is 0 Å². The number of benzene rings is 2. The molecular formula is C19H21N2O+. The van der Waals surface area contributed by atoms with Gasteiger partial charge in [0.2, 0.25) is 5.78 Å². The van der Waals surface area contributed by atoms with E-state index >= 15 is 0 Å². The molecule has 3 aromatic rings. The highest BCUT2D eigenvalue weighted by molar-refractivity contribution is 6.09. The fourth-order valence-corrected chi connectivity index (χ4v) is 2.87. The van der Waals surface area contributed by atoms with Crippen molar-refractivity contribution in [1.29, 1.82) is 0 Å².